The standard InChI is InChI=1S/C21H23BO4.C18H25BO4.C17H23BO4/c1-13-11-15-17(23)8-9-18(24)21(15)16-12-22(25)26-19(20(13)16)10-7-14-5-3-2-4-6-14;1-3-4-5-16-17-12(10-20)8-13-11(2)6-7-15(21)18(13)14(17)9-19(22)23-16;1-3-4-5-15-16-10(2)8-11-13(19)6-7-14(20)17(11)12(16)9-18(21)22-15/h2-6,8-9,15-16,19,21,25H,7,10-12H2,1H3;6-7,13-14,16,18,20,22H,2-5,8-10H2,1H3;6-7,11-12,15,17,21H,3-5,8-9H2,1-2H3/t15-,16-,19+,21+;13-,14-,16+,18+;11-,12-,15+,17+/m000/s1. The molecule has 0 unspecified atom stereocenters. The quantitative estimate of drug-likeness (QED) is 0.134. The van der Waals surface area contributed by atoms with Gasteiger partial charge < -0.3 is 34.1 Å². The van der Waals surface area contributed by atoms with Crippen LogP contribution >= 0.6 is 0 Å². The molecule has 0 radical (unpaired) electrons. The molecule has 0 aromatic heterocycles. The zero-order valence-corrected chi connectivity index (χ0v) is 41.9. The maximum Gasteiger partial charge on any atom is 0.455 e. The second kappa shape index (κ2) is 23.3. The van der Waals surface area contributed by atoms with Gasteiger partial charge in [0.1, 0.15) is 0 Å². The smallest absolute Gasteiger partial charge is 0.427 e. The van der Waals surface area contributed by atoms with Crippen LogP contribution in [0.4, 0.5) is 0 Å². The van der Waals surface area contributed by atoms with Crippen LogP contribution < -0.4 is 0 Å². The third-order valence-corrected chi connectivity index (χ3v) is 16.9. The van der Waals surface area contributed by atoms with E-state index in [1.54, 1.807) is 12.2 Å². The summed E-state index contributed by atoms with van der Waals surface area (Å²) in [5, 5.41) is 40.4. The van der Waals surface area contributed by atoms with Gasteiger partial charge in [-0.05, 0) is 160 Å². The number of rotatable bonds is 10. The molecular weight excluding hydrogens is 897 g/mol. The van der Waals surface area contributed by atoms with Crippen LogP contribution in [0.2, 0.25) is 19.0 Å². The van der Waals surface area contributed by atoms with Gasteiger partial charge in [0.2, 0.25) is 0 Å². The predicted molar refractivity (Wildman–Crippen MR) is 273 cm³/mol. The number of carbonyl (C=O) groups excluding carboxylic acids is 5. The Hall–Kier alpha value is -4.34. The van der Waals surface area contributed by atoms with E-state index in [-0.39, 0.29) is 107 Å². The summed E-state index contributed by atoms with van der Waals surface area (Å²) in [6, 6.07) is 10.2. The van der Waals surface area contributed by atoms with Crippen LogP contribution in [-0.2, 0) is 44.4 Å². The molecule has 6 aliphatic carbocycles. The van der Waals surface area contributed by atoms with Gasteiger partial charge in [-0.15, -0.1) is 0 Å². The average Bonchev–Trinajstić information content (AvgIpc) is 3.35. The lowest BCUT2D eigenvalue weighted by molar-refractivity contribution is -0.131. The minimum absolute atomic E-state index is 0.0116. The zero-order valence-electron chi connectivity index (χ0n) is 41.9. The Kier molecular flexibility index (Phi) is 17.3. The number of fused-ring (bicyclic) bond motifs is 9. The lowest BCUT2D eigenvalue weighted by Gasteiger charge is -2.47. The number of aliphatic hydroxyl groups excluding tert-OH is 1. The van der Waals surface area contributed by atoms with Crippen LogP contribution in [0.15, 0.2) is 112 Å². The van der Waals surface area contributed by atoms with Crippen molar-refractivity contribution in [3.8, 4) is 0 Å². The highest BCUT2D eigenvalue weighted by molar-refractivity contribution is 6.44. The molecule has 0 saturated carbocycles. The molecule has 12 atom stereocenters. The molecule has 12 nitrogen and oxygen atoms in total. The summed E-state index contributed by atoms with van der Waals surface area (Å²) >= 11 is 0. The minimum Gasteiger partial charge on any atom is -0.427 e. The highest BCUT2D eigenvalue weighted by Crippen LogP contribution is 2.52. The predicted octanol–water partition coefficient (Wildman–Crippen LogP) is 7.40. The van der Waals surface area contributed by atoms with E-state index in [1.165, 1.54) is 41.0 Å². The summed E-state index contributed by atoms with van der Waals surface area (Å²) in [5.74, 6) is -1.24. The molecule has 0 bridgehead atoms. The van der Waals surface area contributed by atoms with Gasteiger partial charge >= 0.3 is 21.4 Å². The number of unbranched alkanes of at least 4 members (excludes halogenated alkanes) is 2. The van der Waals surface area contributed by atoms with Gasteiger partial charge in [-0.1, -0.05) is 99.2 Å². The molecule has 1 aromatic carbocycles. The van der Waals surface area contributed by atoms with Crippen molar-refractivity contribution in [1.29, 1.82) is 0 Å². The van der Waals surface area contributed by atoms with Crippen LogP contribution in [0.3, 0.4) is 0 Å². The van der Waals surface area contributed by atoms with Crippen molar-refractivity contribution < 1.29 is 58.1 Å². The summed E-state index contributed by atoms with van der Waals surface area (Å²) in [5.41, 5.74) is 8.88. The number of hydrogen-bond acceptors (Lipinski definition) is 12. The van der Waals surface area contributed by atoms with Crippen molar-refractivity contribution in [2.24, 2.45) is 53.3 Å². The summed E-state index contributed by atoms with van der Waals surface area (Å²) < 4.78 is 17.4. The molecule has 0 amide bonds. The summed E-state index contributed by atoms with van der Waals surface area (Å²) in [7, 11) is -2.56. The molecule has 3 aliphatic heterocycles. The Morgan fingerprint density at radius 3 is 1.41 bits per heavy atom. The lowest BCUT2D eigenvalue weighted by Crippen LogP contribution is -2.49. The number of carbonyl (C=O) groups is 5. The van der Waals surface area contributed by atoms with E-state index in [4.69, 9.17) is 14.0 Å². The Bertz CT molecular complexity index is 2420. The Labute approximate surface area is 420 Å². The SMILES string of the molecule is C=C1C=CC(=O)[C@@H]2[C@H]1CC(CO)=C1[C@@H](CCCC)OB(O)C[C@@H]12.CC1=C2[C@@H](CCc3ccccc3)OB(O)C[C@@H]2[C@@H]2C(=O)C=CC(=O)[C@@H]2C1.CCCC[C@H]1OB(O)C[C@H]2C1=C(C)C[C@H]1C(=O)C=CC(=O)[C@H]12. The van der Waals surface area contributed by atoms with Crippen LogP contribution in [0.25, 0.3) is 0 Å². The molecule has 3 saturated heterocycles. The lowest BCUT2D eigenvalue weighted by atomic mass is 9.55. The highest BCUT2D eigenvalue weighted by Gasteiger charge is 2.53. The molecule has 3 heterocycles. The maximum atomic E-state index is 12.5. The van der Waals surface area contributed by atoms with Gasteiger partial charge in [0.15, 0.2) is 28.9 Å². The second-order valence-corrected chi connectivity index (χ2v) is 21.4. The minimum atomic E-state index is -0.884. The Morgan fingerprint density at radius 1 is 0.535 bits per heavy atom. The van der Waals surface area contributed by atoms with Gasteiger partial charge in [-0.2, -0.15) is 0 Å². The van der Waals surface area contributed by atoms with Gasteiger partial charge in [-0.3, -0.25) is 24.0 Å². The van der Waals surface area contributed by atoms with Crippen LogP contribution in [0.5, 0.6) is 0 Å². The monoisotopic (exact) mass is 969 g/mol. The van der Waals surface area contributed by atoms with E-state index in [0.717, 1.165) is 79.2 Å². The molecule has 376 valence electrons. The number of ketones is 5. The van der Waals surface area contributed by atoms with Crippen molar-refractivity contribution in [2.45, 2.75) is 136 Å². The largest absolute Gasteiger partial charge is 0.455 e. The summed E-state index contributed by atoms with van der Waals surface area (Å²) in [6.45, 7) is 12.4. The van der Waals surface area contributed by atoms with E-state index < -0.39 is 21.4 Å². The fourth-order valence-corrected chi connectivity index (χ4v) is 13.8. The summed E-state index contributed by atoms with van der Waals surface area (Å²) in [4.78, 5) is 61.9. The first-order chi connectivity index (χ1) is 34.1. The number of aryl methyl sites for hydroxylation is 1. The first-order valence-corrected chi connectivity index (χ1v) is 26.3. The van der Waals surface area contributed by atoms with Crippen molar-refractivity contribution >= 4 is 50.3 Å². The third-order valence-electron chi connectivity index (χ3n) is 16.9. The van der Waals surface area contributed by atoms with Crippen LogP contribution in [-0.4, -0.2) is 95.4 Å². The van der Waals surface area contributed by atoms with Crippen molar-refractivity contribution in [2.75, 3.05) is 6.61 Å². The number of aliphatic hydroxyl groups is 1. The number of benzene rings is 1. The molecule has 4 N–H and O–H groups in total. The van der Waals surface area contributed by atoms with E-state index in [0.29, 0.717) is 38.2 Å². The first kappa shape index (κ1) is 53.0. The topological polar surface area (TPSA) is 194 Å². The molecule has 3 fully saturated rings. The molecule has 10 rings (SSSR count). The maximum absolute atomic E-state index is 12.5. The summed E-state index contributed by atoms with van der Waals surface area (Å²) in [6.07, 6.45) is 19.2. The molecule has 71 heavy (non-hydrogen) atoms. The Morgan fingerprint density at radius 2 is 0.944 bits per heavy atom. The van der Waals surface area contributed by atoms with Gasteiger partial charge in [0, 0.05) is 29.6 Å². The normalized spacial score (nSPS) is 33.1. The molecule has 9 aliphatic rings. The second-order valence-electron chi connectivity index (χ2n) is 21.4. The van der Waals surface area contributed by atoms with Gasteiger partial charge in [-0.25, -0.2) is 0 Å². The van der Waals surface area contributed by atoms with E-state index >= 15 is 0 Å². The van der Waals surface area contributed by atoms with Crippen LogP contribution in [0, 0.1) is 53.3 Å². The Balaban J connectivity index is 0.000000143. The molecule has 1 aromatic rings. The zero-order chi connectivity index (χ0) is 50.7. The molecule has 0 spiro atoms. The van der Waals surface area contributed by atoms with Crippen molar-refractivity contribution in [3.05, 3.63) is 118 Å². The van der Waals surface area contributed by atoms with Gasteiger partial charge in [0.25, 0.3) is 0 Å². The fraction of sp³-hybridized carbons (Fsp3) is 0.554. The average molecular weight is 969 g/mol. The fourth-order valence-electron chi connectivity index (χ4n) is 13.8. The molecule has 15 heteroatoms. The number of hydrogen-bond donors (Lipinski definition) is 4. The highest BCUT2D eigenvalue weighted by atomic mass is 16.5. The first-order valence-electron chi connectivity index (χ1n) is 26.3. The van der Waals surface area contributed by atoms with Crippen LogP contribution in [0.1, 0.15) is 97.5 Å². The van der Waals surface area contributed by atoms with Crippen molar-refractivity contribution in [1.82, 2.24) is 0 Å². The van der Waals surface area contributed by atoms with E-state index in [1.807, 2.05) is 25.1 Å². The van der Waals surface area contributed by atoms with Gasteiger partial charge in [0.05, 0.1) is 24.9 Å². The van der Waals surface area contributed by atoms with E-state index in [9.17, 15) is 44.2 Å². The number of allylic oxidation sites excluding steroid dienone is 9. The molecular formula is C56H71B3O12. The van der Waals surface area contributed by atoms with Crippen molar-refractivity contribution in [3.63, 3.8) is 0 Å². The third kappa shape index (κ3) is 11.3. The van der Waals surface area contributed by atoms with E-state index in [2.05, 4.69) is 39.5 Å².